The number of carbonyl (C=O) groups excluding carboxylic acids is 2. The maximum absolute atomic E-state index is 12.3. The van der Waals surface area contributed by atoms with Crippen LogP contribution in [0, 0.1) is 0 Å². The van der Waals surface area contributed by atoms with E-state index in [1.165, 1.54) is 5.56 Å². The summed E-state index contributed by atoms with van der Waals surface area (Å²) in [6, 6.07) is 14.5. The van der Waals surface area contributed by atoms with Gasteiger partial charge in [0.15, 0.2) is 0 Å². The second-order valence-corrected chi connectivity index (χ2v) is 5.83. The molecule has 0 aliphatic rings. The van der Waals surface area contributed by atoms with Crippen LogP contribution in [0.3, 0.4) is 0 Å². The summed E-state index contributed by atoms with van der Waals surface area (Å²) in [6.45, 7) is 5.95. The van der Waals surface area contributed by atoms with Gasteiger partial charge in [0, 0.05) is 17.1 Å². The van der Waals surface area contributed by atoms with Crippen molar-refractivity contribution in [2.45, 2.75) is 33.2 Å². The van der Waals surface area contributed by atoms with Gasteiger partial charge in [0.05, 0.1) is 6.61 Å². The summed E-state index contributed by atoms with van der Waals surface area (Å²) in [5, 5.41) is 8.64. The van der Waals surface area contributed by atoms with Crippen molar-refractivity contribution >= 4 is 29.1 Å². The molecule has 1 atom stereocenters. The number of rotatable bonds is 7. The van der Waals surface area contributed by atoms with Gasteiger partial charge in [0.25, 0.3) is 0 Å². The Bertz CT molecular complexity index is 727. The van der Waals surface area contributed by atoms with Crippen LogP contribution in [-0.2, 0) is 16.0 Å². The third-order valence-electron chi connectivity index (χ3n) is 3.81. The third-order valence-corrected chi connectivity index (χ3v) is 3.81. The first-order chi connectivity index (χ1) is 12.5. The van der Waals surface area contributed by atoms with Gasteiger partial charge in [0.1, 0.15) is 6.04 Å². The van der Waals surface area contributed by atoms with Gasteiger partial charge < -0.3 is 15.4 Å². The smallest absolute Gasteiger partial charge is 0.411 e. The summed E-state index contributed by atoms with van der Waals surface area (Å²) in [4.78, 5) is 23.7. The van der Waals surface area contributed by atoms with Crippen LogP contribution in [0.4, 0.5) is 21.9 Å². The minimum absolute atomic E-state index is 0.122. The van der Waals surface area contributed by atoms with Crippen molar-refractivity contribution in [3.05, 3.63) is 54.1 Å². The van der Waals surface area contributed by atoms with Crippen molar-refractivity contribution in [3.8, 4) is 0 Å². The molecule has 0 fully saturated rings. The van der Waals surface area contributed by atoms with E-state index in [0.717, 1.165) is 17.8 Å². The minimum atomic E-state index is -0.491. The summed E-state index contributed by atoms with van der Waals surface area (Å²) < 4.78 is 4.82. The molecule has 2 rings (SSSR count). The number of hydrogen-bond donors (Lipinski definition) is 3. The van der Waals surface area contributed by atoms with Gasteiger partial charge >= 0.3 is 6.09 Å². The molecule has 6 nitrogen and oxygen atoms in total. The normalized spacial score (nSPS) is 11.3. The maximum Gasteiger partial charge on any atom is 0.411 e. The molecule has 3 N–H and O–H groups in total. The van der Waals surface area contributed by atoms with Crippen LogP contribution in [-0.4, -0.2) is 24.6 Å². The molecule has 0 bridgehead atoms. The summed E-state index contributed by atoms with van der Waals surface area (Å²) >= 11 is 0. The van der Waals surface area contributed by atoms with Gasteiger partial charge in [-0.05, 0) is 62.2 Å². The molecule has 0 heterocycles. The quantitative estimate of drug-likeness (QED) is 0.693. The molecule has 0 aromatic heterocycles. The van der Waals surface area contributed by atoms with Crippen molar-refractivity contribution in [2.75, 3.05) is 22.6 Å². The molecular formula is C20H25N3O3. The fraction of sp³-hybridized carbons (Fsp3) is 0.300. The fourth-order valence-electron chi connectivity index (χ4n) is 2.32. The van der Waals surface area contributed by atoms with Crippen LogP contribution in [0.2, 0.25) is 0 Å². The van der Waals surface area contributed by atoms with Gasteiger partial charge in [-0.25, -0.2) is 4.79 Å². The Balaban J connectivity index is 1.88. The van der Waals surface area contributed by atoms with E-state index in [2.05, 4.69) is 22.9 Å². The first-order valence-corrected chi connectivity index (χ1v) is 8.72. The zero-order chi connectivity index (χ0) is 18.9. The number of benzene rings is 2. The second kappa shape index (κ2) is 9.46. The lowest BCUT2D eigenvalue weighted by molar-refractivity contribution is -0.116. The number of anilines is 3. The SMILES string of the molecule is CCOC(=O)Nc1ccc(NC(C)C(=O)Nc2ccc(CC)cc2)cc1. The van der Waals surface area contributed by atoms with Gasteiger partial charge in [-0.15, -0.1) is 0 Å². The van der Waals surface area contributed by atoms with E-state index in [9.17, 15) is 9.59 Å². The van der Waals surface area contributed by atoms with E-state index >= 15 is 0 Å². The lowest BCUT2D eigenvalue weighted by Crippen LogP contribution is -2.31. The predicted molar refractivity (Wildman–Crippen MR) is 105 cm³/mol. The zero-order valence-electron chi connectivity index (χ0n) is 15.3. The van der Waals surface area contributed by atoms with E-state index in [1.807, 2.05) is 24.3 Å². The van der Waals surface area contributed by atoms with E-state index in [0.29, 0.717) is 12.3 Å². The molecule has 0 saturated carbocycles. The average molecular weight is 355 g/mol. The summed E-state index contributed by atoms with van der Waals surface area (Å²) in [5.41, 5.74) is 3.41. The largest absolute Gasteiger partial charge is 0.450 e. The lowest BCUT2D eigenvalue weighted by Gasteiger charge is -2.16. The molecular weight excluding hydrogens is 330 g/mol. The number of nitrogens with one attached hydrogen (secondary N) is 3. The monoisotopic (exact) mass is 355 g/mol. The van der Waals surface area contributed by atoms with E-state index in [-0.39, 0.29) is 5.91 Å². The maximum atomic E-state index is 12.3. The van der Waals surface area contributed by atoms with Crippen molar-refractivity contribution in [1.29, 1.82) is 0 Å². The summed E-state index contributed by atoms with van der Waals surface area (Å²) in [6.07, 6.45) is 0.475. The van der Waals surface area contributed by atoms with Crippen LogP contribution < -0.4 is 16.0 Å². The highest BCUT2D eigenvalue weighted by atomic mass is 16.5. The molecule has 0 aliphatic heterocycles. The Labute approximate surface area is 153 Å². The molecule has 0 radical (unpaired) electrons. The molecule has 0 aliphatic carbocycles. The average Bonchev–Trinajstić information content (AvgIpc) is 2.64. The van der Waals surface area contributed by atoms with Crippen molar-refractivity contribution in [1.82, 2.24) is 0 Å². The Morgan fingerprint density at radius 2 is 1.42 bits per heavy atom. The zero-order valence-corrected chi connectivity index (χ0v) is 15.3. The molecule has 2 aromatic rings. The molecule has 26 heavy (non-hydrogen) atoms. The molecule has 0 saturated heterocycles. The number of ether oxygens (including phenoxy) is 1. The molecule has 2 amide bonds. The number of aryl methyl sites for hydroxylation is 1. The Kier molecular flexibility index (Phi) is 7.02. The standard InChI is InChI=1S/C20H25N3O3/c1-4-15-6-8-17(9-7-15)22-19(24)14(3)21-16-10-12-18(13-11-16)23-20(25)26-5-2/h6-14,21H,4-5H2,1-3H3,(H,22,24)(H,23,25). The number of carbonyl (C=O) groups is 2. The van der Waals surface area contributed by atoms with Gasteiger partial charge in [-0.3, -0.25) is 10.1 Å². The lowest BCUT2D eigenvalue weighted by atomic mass is 10.1. The van der Waals surface area contributed by atoms with E-state index in [4.69, 9.17) is 4.74 Å². The molecule has 0 spiro atoms. The number of hydrogen-bond acceptors (Lipinski definition) is 4. The molecule has 2 aromatic carbocycles. The van der Waals surface area contributed by atoms with E-state index in [1.54, 1.807) is 38.1 Å². The van der Waals surface area contributed by atoms with Crippen LogP contribution in [0.25, 0.3) is 0 Å². The minimum Gasteiger partial charge on any atom is -0.450 e. The highest BCUT2D eigenvalue weighted by Gasteiger charge is 2.13. The number of amides is 2. The summed E-state index contributed by atoms with van der Waals surface area (Å²) in [5.74, 6) is -0.122. The van der Waals surface area contributed by atoms with Crippen LogP contribution in [0.1, 0.15) is 26.3 Å². The molecule has 6 heteroatoms. The van der Waals surface area contributed by atoms with Crippen molar-refractivity contribution in [2.24, 2.45) is 0 Å². The van der Waals surface area contributed by atoms with Gasteiger partial charge in [0.2, 0.25) is 5.91 Å². The van der Waals surface area contributed by atoms with E-state index < -0.39 is 12.1 Å². The Morgan fingerprint density at radius 1 is 0.885 bits per heavy atom. The second-order valence-electron chi connectivity index (χ2n) is 5.83. The topological polar surface area (TPSA) is 79.5 Å². The first kappa shape index (κ1) is 19.3. The summed E-state index contributed by atoms with van der Waals surface area (Å²) in [7, 11) is 0. The third kappa shape index (κ3) is 5.81. The van der Waals surface area contributed by atoms with Crippen LogP contribution in [0.15, 0.2) is 48.5 Å². The molecule has 138 valence electrons. The highest BCUT2D eigenvalue weighted by Crippen LogP contribution is 2.16. The van der Waals surface area contributed by atoms with Crippen LogP contribution in [0.5, 0.6) is 0 Å². The Morgan fingerprint density at radius 3 is 2.00 bits per heavy atom. The fourth-order valence-corrected chi connectivity index (χ4v) is 2.32. The van der Waals surface area contributed by atoms with Crippen LogP contribution >= 0.6 is 0 Å². The highest BCUT2D eigenvalue weighted by molar-refractivity contribution is 5.96. The van der Waals surface area contributed by atoms with Crippen molar-refractivity contribution < 1.29 is 14.3 Å². The Hall–Kier alpha value is -3.02. The molecule has 1 unspecified atom stereocenters. The first-order valence-electron chi connectivity index (χ1n) is 8.72. The predicted octanol–water partition coefficient (Wildman–Crippen LogP) is 4.26. The van der Waals surface area contributed by atoms with Gasteiger partial charge in [-0.1, -0.05) is 19.1 Å². The van der Waals surface area contributed by atoms with Crippen molar-refractivity contribution in [3.63, 3.8) is 0 Å². The van der Waals surface area contributed by atoms with Gasteiger partial charge in [-0.2, -0.15) is 0 Å².